The van der Waals surface area contributed by atoms with E-state index in [1.54, 1.807) is 0 Å². The second-order valence-corrected chi connectivity index (χ2v) is 4.29. The molecule has 0 radical (unpaired) electrons. The van der Waals surface area contributed by atoms with E-state index in [2.05, 4.69) is 5.32 Å². The summed E-state index contributed by atoms with van der Waals surface area (Å²) in [6, 6.07) is 4.08. The minimum Gasteiger partial charge on any atom is -0.495 e. The van der Waals surface area contributed by atoms with Crippen LogP contribution < -0.4 is 15.8 Å². The number of nitrogens with one attached hydrogen (secondary N) is 1. The number of rotatable bonds is 8. The van der Waals surface area contributed by atoms with Crippen LogP contribution in [0.1, 0.15) is 25.7 Å². The highest BCUT2D eigenvalue weighted by atomic mass is 16.6. The standard InChI is InChI=1S/C13H19N3O4/c1-20-12-7-6-10(16(18)19)9-11(12)15-13(17)5-3-2-4-8-14/h6-7,9H,2-5,8,14H2,1H3,(H,15,17). The fraction of sp³-hybridized carbons (Fsp3) is 0.462. The average Bonchev–Trinajstić information content (AvgIpc) is 2.43. The molecule has 0 spiro atoms. The lowest BCUT2D eigenvalue weighted by atomic mass is 10.2. The van der Waals surface area contributed by atoms with Crippen LogP contribution in [0.4, 0.5) is 11.4 Å². The number of non-ortho nitro benzene ring substituents is 1. The van der Waals surface area contributed by atoms with Crippen molar-refractivity contribution in [3.63, 3.8) is 0 Å². The van der Waals surface area contributed by atoms with Crippen molar-refractivity contribution >= 4 is 17.3 Å². The molecule has 0 saturated carbocycles. The maximum absolute atomic E-state index is 11.8. The smallest absolute Gasteiger partial charge is 0.271 e. The van der Waals surface area contributed by atoms with E-state index in [9.17, 15) is 14.9 Å². The molecule has 110 valence electrons. The summed E-state index contributed by atoms with van der Waals surface area (Å²) in [6.07, 6.45) is 2.86. The van der Waals surface area contributed by atoms with Gasteiger partial charge in [0.05, 0.1) is 17.7 Å². The van der Waals surface area contributed by atoms with E-state index < -0.39 is 4.92 Å². The first kappa shape index (κ1) is 15.9. The van der Waals surface area contributed by atoms with E-state index in [-0.39, 0.29) is 11.6 Å². The molecule has 0 bridgehead atoms. The molecule has 1 aromatic rings. The Labute approximate surface area is 117 Å². The molecule has 1 aromatic carbocycles. The van der Waals surface area contributed by atoms with Crippen LogP contribution in [0, 0.1) is 10.1 Å². The number of hydrogen-bond donors (Lipinski definition) is 2. The van der Waals surface area contributed by atoms with Crippen molar-refractivity contribution in [1.82, 2.24) is 0 Å². The van der Waals surface area contributed by atoms with Crippen molar-refractivity contribution in [2.24, 2.45) is 5.73 Å². The van der Waals surface area contributed by atoms with Crippen LogP contribution >= 0.6 is 0 Å². The third-order valence-corrected chi connectivity index (χ3v) is 2.78. The van der Waals surface area contributed by atoms with Gasteiger partial charge in [0.2, 0.25) is 5.91 Å². The summed E-state index contributed by atoms with van der Waals surface area (Å²) in [5.74, 6) is 0.201. The Balaban J connectivity index is 2.67. The minimum atomic E-state index is -0.518. The predicted molar refractivity (Wildman–Crippen MR) is 75.8 cm³/mol. The van der Waals surface area contributed by atoms with Crippen LogP contribution in [-0.4, -0.2) is 24.5 Å². The number of anilines is 1. The zero-order valence-corrected chi connectivity index (χ0v) is 11.4. The van der Waals surface area contributed by atoms with Crippen LogP contribution in [0.3, 0.4) is 0 Å². The number of nitrogens with zero attached hydrogens (tertiary/aromatic N) is 1. The molecule has 0 saturated heterocycles. The van der Waals surface area contributed by atoms with E-state index >= 15 is 0 Å². The quantitative estimate of drug-likeness (QED) is 0.431. The van der Waals surface area contributed by atoms with Crippen molar-refractivity contribution in [2.45, 2.75) is 25.7 Å². The molecule has 7 nitrogen and oxygen atoms in total. The SMILES string of the molecule is COc1ccc([N+](=O)[O-])cc1NC(=O)CCCCCN. The molecule has 1 amide bonds. The Hall–Kier alpha value is -2.15. The summed E-state index contributed by atoms with van der Waals surface area (Å²) < 4.78 is 5.07. The van der Waals surface area contributed by atoms with Crippen LogP contribution in [0.5, 0.6) is 5.75 Å². The fourth-order valence-electron chi connectivity index (χ4n) is 1.73. The highest BCUT2D eigenvalue weighted by molar-refractivity contribution is 5.92. The van der Waals surface area contributed by atoms with Gasteiger partial charge in [-0.15, -0.1) is 0 Å². The maximum Gasteiger partial charge on any atom is 0.271 e. The van der Waals surface area contributed by atoms with E-state index in [1.165, 1.54) is 25.3 Å². The Kier molecular flexibility index (Phi) is 6.45. The number of carbonyl (C=O) groups is 1. The summed E-state index contributed by atoms with van der Waals surface area (Å²) in [7, 11) is 1.44. The number of benzene rings is 1. The predicted octanol–water partition coefficient (Wildman–Crippen LogP) is 2.06. The average molecular weight is 281 g/mol. The van der Waals surface area contributed by atoms with Gasteiger partial charge in [0.1, 0.15) is 5.75 Å². The molecule has 0 fully saturated rings. The van der Waals surface area contributed by atoms with Gasteiger partial charge >= 0.3 is 0 Å². The van der Waals surface area contributed by atoms with Crippen LogP contribution in [0.25, 0.3) is 0 Å². The first-order valence-electron chi connectivity index (χ1n) is 6.41. The summed E-state index contributed by atoms with van der Waals surface area (Å²) in [6.45, 7) is 0.611. The molecule has 0 unspecified atom stereocenters. The van der Waals surface area contributed by atoms with Crippen molar-refractivity contribution in [1.29, 1.82) is 0 Å². The van der Waals surface area contributed by atoms with Gasteiger partial charge in [-0.05, 0) is 25.5 Å². The number of carbonyl (C=O) groups excluding carboxylic acids is 1. The fourth-order valence-corrected chi connectivity index (χ4v) is 1.73. The number of nitro benzene ring substituents is 1. The number of hydrogen-bond acceptors (Lipinski definition) is 5. The van der Waals surface area contributed by atoms with E-state index in [0.717, 1.165) is 19.3 Å². The van der Waals surface area contributed by atoms with Gasteiger partial charge in [0.15, 0.2) is 0 Å². The molecule has 20 heavy (non-hydrogen) atoms. The largest absolute Gasteiger partial charge is 0.495 e. The van der Waals surface area contributed by atoms with Crippen molar-refractivity contribution in [2.75, 3.05) is 19.0 Å². The van der Waals surface area contributed by atoms with Crippen molar-refractivity contribution in [3.8, 4) is 5.75 Å². The lowest BCUT2D eigenvalue weighted by molar-refractivity contribution is -0.384. The monoisotopic (exact) mass is 281 g/mol. The summed E-state index contributed by atoms with van der Waals surface area (Å²) in [5.41, 5.74) is 5.59. The number of ether oxygens (including phenoxy) is 1. The zero-order chi connectivity index (χ0) is 15.0. The molecule has 0 aliphatic rings. The maximum atomic E-state index is 11.8. The lowest BCUT2D eigenvalue weighted by Gasteiger charge is -2.09. The second kappa shape index (κ2) is 8.11. The molecule has 1 rings (SSSR count). The first-order chi connectivity index (χ1) is 9.58. The van der Waals surface area contributed by atoms with E-state index in [0.29, 0.717) is 24.4 Å². The molecule has 3 N–H and O–H groups in total. The molecule has 7 heteroatoms. The highest BCUT2D eigenvalue weighted by Crippen LogP contribution is 2.29. The second-order valence-electron chi connectivity index (χ2n) is 4.29. The van der Waals surface area contributed by atoms with Gasteiger partial charge < -0.3 is 15.8 Å². The van der Waals surface area contributed by atoms with Crippen LogP contribution in [0.2, 0.25) is 0 Å². The highest BCUT2D eigenvalue weighted by Gasteiger charge is 2.13. The first-order valence-corrected chi connectivity index (χ1v) is 6.41. The van der Waals surface area contributed by atoms with Crippen molar-refractivity contribution < 1.29 is 14.5 Å². The van der Waals surface area contributed by atoms with E-state index in [4.69, 9.17) is 10.5 Å². The topological polar surface area (TPSA) is 107 Å². The summed E-state index contributed by atoms with van der Waals surface area (Å²) in [4.78, 5) is 22.0. The molecular formula is C13H19N3O4. The summed E-state index contributed by atoms with van der Waals surface area (Å²) in [5, 5.41) is 13.4. The Morgan fingerprint density at radius 3 is 2.75 bits per heavy atom. The Morgan fingerprint density at radius 1 is 1.40 bits per heavy atom. The molecular weight excluding hydrogens is 262 g/mol. The van der Waals surface area contributed by atoms with Gasteiger partial charge in [-0.2, -0.15) is 0 Å². The third kappa shape index (κ3) is 4.85. The molecule has 0 heterocycles. The van der Waals surface area contributed by atoms with E-state index in [1.807, 2.05) is 0 Å². The van der Waals surface area contributed by atoms with Crippen molar-refractivity contribution in [3.05, 3.63) is 28.3 Å². The van der Waals surface area contributed by atoms with Crippen LogP contribution in [0.15, 0.2) is 18.2 Å². The van der Waals surface area contributed by atoms with Gasteiger partial charge in [-0.3, -0.25) is 14.9 Å². The Morgan fingerprint density at radius 2 is 2.15 bits per heavy atom. The van der Waals surface area contributed by atoms with Gasteiger partial charge in [-0.1, -0.05) is 6.42 Å². The molecule has 0 aliphatic carbocycles. The van der Waals surface area contributed by atoms with Crippen LogP contribution in [-0.2, 0) is 4.79 Å². The number of amides is 1. The third-order valence-electron chi connectivity index (χ3n) is 2.78. The number of nitrogens with two attached hydrogens (primary N) is 1. The minimum absolute atomic E-state index is 0.0933. The molecule has 0 aromatic heterocycles. The van der Waals surface area contributed by atoms with Gasteiger partial charge in [-0.25, -0.2) is 0 Å². The lowest BCUT2D eigenvalue weighted by Crippen LogP contribution is -2.12. The number of nitro groups is 1. The molecule has 0 aliphatic heterocycles. The molecule has 0 atom stereocenters. The van der Waals surface area contributed by atoms with Gasteiger partial charge in [0, 0.05) is 18.6 Å². The Bertz CT molecular complexity index is 477. The number of unbranched alkanes of at least 4 members (excludes halogenated alkanes) is 2. The normalized spacial score (nSPS) is 10.1. The number of methoxy groups -OCH3 is 1. The van der Waals surface area contributed by atoms with Gasteiger partial charge in [0.25, 0.3) is 5.69 Å². The summed E-state index contributed by atoms with van der Waals surface area (Å²) >= 11 is 0. The zero-order valence-electron chi connectivity index (χ0n) is 11.4.